The van der Waals surface area contributed by atoms with Gasteiger partial charge in [-0.15, -0.1) is 11.8 Å². The van der Waals surface area contributed by atoms with Gasteiger partial charge in [-0.1, -0.05) is 19.1 Å². The number of nitrogens with zero attached hydrogens (tertiary/aromatic N) is 1. The molecule has 2 amide bonds. The van der Waals surface area contributed by atoms with Crippen LogP contribution in [0.4, 0.5) is 11.4 Å². The first-order valence-electron chi connectivity index (χ1n) is 9.93. The van der Waals surface area contributed by atoms with Gasteiger partial charge < -0.3 is 20.1 Å². The van der Waals surface area contributed by atoms with Crippen molar-refractivity contribution in [2.75, 3.05) is 49.7 Å². The van der Waals surface area contributed by atoms with Crippen LogP contribution in [0.5, 0.6) is 11.5 Å². The molecule has 30 heavy (non-hydrogen) atoms. The summed E-state index contributed by atoms with van der Waals surface area (Å²) in [6.07, 6.45) is 2.29. The van der Waals surface area contributed by atoms with Crippen LogP contribution in [0.2, 0.25) is 0 Å². The van der Waals surface area contributed by atoms with Crippen LogP contribution in [0.15, 0.2) is 47.4 Å². The predicted molar refractivity (Wildman–Crippen MR) is 120 cm³/mol. The van der Waals surface area contributed by atoms with E-state index in [-0.39, 0.29) is 18.4 Å². The highest BCUT2D eigenvalue weighted by Crippen LogP contribution is 2.32. The number of ether oxygens (including phenoxy) is 2. The SMILES string of the molecule is CCN(CCC(=O)Nc1ccccc1SC)CC(=O)Nc1ccc2c(c1)OCCO2. The van der Waals surface area contributed by atoms with Gasteiger partial charge in [-0.05, 0) is 37.1 Å². The van der Waals surface area contributed by atoms with Crippen LogP contribution >= 0.6 is 11.8 Å². The van der Waals surface area contributed by atoms with Gasteiger partial charge in [0.1, 0.15) is 13.2 Å². The average molecular weight is 430 g/mol. The molecule has 1 heterocycles. The number of hydrogen-bond donors (Lipinski definition) is 2. The Balaban J connectivity index is 1.47. The highest BCUT2D eigenvalue weighted by Gasteiger charge is 2.15. The van der Waals surface area contributed by atoms with Crippen LogP contribution in [0.1, 0.15) is 13.3 Å². The second kappa shape index (κ2) is 10.9. The van der Waals surface area contributed by atoms with Crippen molar-refractivity contribution in [1.29, 1.82) is 0 Å². The Morgan fingerprint density at radius 1 is 1.03 bits per heavy atom. The van der Waals surface area contributed by atoms with Crippen LogP contribution < -0.4 is 20.1 Å². The average Bonchev–Trinajstić information content (AvgIpc) is 2.76. The van der Waals surface area contributed by atoms with E-state index in [1.165, 1.54) is 0 Å². The Hall–Kier alpha value is -2.71. The fourth-order valence-corrected chi connectivity index (χ4v) is 3.65. The molecule has 8 heteroatoms. The molecule has 2 aromatic carbocycles. The van der Waals surface area contributed by atoms with Gasteiger partial charge in [0, 0.05) is 29.6 Å². The lowest BCUT2D eigenvalue weighted by molar-refractivity contribution is -0.119. The zero-order valence-electron chi connectivity index (χ0n) is 17.3. The molecule has 0 radical (unpaired) electrons. The fraction of sp³-hybridized carbons (Fsp3) is 0.364. The summed E-state index contributed by atoms with van der Waals surface area (Å²) in [5.74, 6) is 1.11. The Morgan fingerprint density at radius 2 is 1.80 bits per heavy atom. The van der Waals surface area contributed by atoms with Crippen LogP contribution in [-0.4, -0.2) is 55.8 Å². The molecule has 0 atom stereocenters. The third-order valence-electron chi connectivity index (χ3n) is 4.68. The Bertz CT molecular complexity index is 890. The number of amides is 2. The molecule has 3 rings (SSSR count). The lowest BCUT2D eigenvalue weighted by Crippen LogP contribution is -2.35. The summed E-state index contributed by atoms with van der Waals surface area (Å²) in [6, 6.07) is 13.1. The molecular weight excluding hydrogens is 402 g/mol. The van der Waals surface area contributed by atoms with E-state index in [4.69, 9.17) is 9.47 Å². The van der Waals surface area contributed by atoms with Crippen LogP contribution in [-0.2, 0) is 9.59 Å². The number of carbonyl (C=O) groups is 2. The van der Waals surface area contributed by atoms with Gasteiger partial charge in [-0.3, -0.25) is 14.5 Å². The number of fused-ring (bicyclic) bond motifs is 1. The van der Waals surface area contributed by atoms with Crippen molar-refractivity contribution in [2.45, 2.75) is 18.2 Å². The molecule has 7 nitrogen and oxygen atoms in total. The largest absolute Gasteiger partial charge is 0.486 e. The van der Waals surface area contributed by atoms with Crippen LogP contribution in [0.25, 0.3) is 0 Å². The van der Waals surface area contributed by atoms with Crippen molar-refractivity contribution in [3.8, 4) is 11.5 Å². The Labute approximate surface area is 181 Å². The lowest BCUT2D eigenvalue weighted by Gasteiger charge is -2.21. The minimum Gasteiger partial charge on any atom is -0.486 e. The van der Waals surface area contributed by atoms with Crippen molar-refractivity contribution in [3.63, 3.8) is 0 Å². The van der Waals surface area contributed by atoms with Crippen molar-refractivity contribution in [2.24, 2.45) is 0 Å². The molecule has 0 bridgehead atoms. The molecule has 0 saturated heterocycles. The van der Waals surface area contributed by atoms with Crippen LogP contribution in [0.3, 0.4) is 0 Å². The van der Waals surface area contributed by atoms with Crippen molar-refractivity contribution >= 4 is 35.0 Å². The second-order valence-electron chi connectivity index (χ2n) is 6.77. The number of para-hydroxylation sites is 1. The minimum atomic E-state index is -0.137. The standard InChI is InChI=1S/C22H27N3O4S/c1-3-25(11-10-21(26)24-17-6-4-5-7-20(17)30-2)15-22(27)23-16-8-9-18-19(14-16)29-13-12-28-18/h4-9,14H,3,10-13,15H2,1-2H3,(H,23,27)(H,24,26). The number of likely N-dealkylation sites (N-methyl/N-ethyl adjacent to an activating group) is 1. The number of thioether (sulfide) groups is 1. The summed E-state index contributed by atoms with van der Waals surface area (Å²) in [4.78, 5) is 27.7. The molecule has 0 aliphatic carbocycles. The van der Waals surface area contributed by atoms with E-state index < -0.39 is 0 Å². The number of anilines is 2. The maximum absolute atomic E-state index is 12.4. The third kappa shape index (κ3) is 6.14. The smallest absolute Gasteiger partial charge is 0.238 e. The molecule has 1 aliphatic heterocycles. The maximum atomic E-state index is 12.4. The monoisotopic (exact) mass is 429 g/mol. The van der Waals surface area contributed by atoms with E-state index in [2.05, 4.69) is 10.6 Å². The highest BCUT2D eigenvalue weighted by atomic mass is 32.2. The highest BCUT2D eigenvalue weighted by molar-refractivity contribution is 7.98. The number of benzene rings is 2. The lowest BCUT2D eigenvalue weighted by atomic mass is 10.2. The molecule has 1 aliphatic rings. The van der Waals surface area contributed by atoms with E-state index in [1.807, 2.05) is 42.3 Å². The van der Waals surface area contributed by atoms with Gasteiger partial charge >= 0.3 is 0 Å². The number of hydrogen-bond acceptors (Lipinski definition) is 6. The van der Waals surface area contributed by atoms with Crippen molar-refractivity contribution in [1.82, 2.24) is 4.90 Å². The van der Waals surface area contributed by atoms with Gasteiger partial charge in [0.25, 0.3) is 0 Å². The summed E-state index contributed by atoms with van der Waals surface area (Å²) in [5.41, 5.74) is 1.47. The van der Waals surface area contributed by atoms with Crippen molar-refractivity contribution < 1.29 is 19.1 Å². The van der Waals surface area contributed by atoms with Gasteiger partial charge in [-0.2, -0.15) is 0 Å². The topological polar surface area (TPSA) is 79.9 Å². The Morgan fingerprint density at radius 3 is 2.57 bits per heavy atom. The van der Waals surface area contributed by atoms with Gasteiger partial charge in [0.05, 0.1) is 12.2 Å². The summed E-state index contributed by atoms with van der Waals surface area (Å²) in [6.45, 7) is 4.37. The molecule has 0 fully saturated rings. The number of nitrogens with one attached hydrogen (secondary N) is 2. The number of carbonyl (C=O) groups excluding carboxylic acids is 2. The molecule has 0 saturated carbocycles. The Kier molecular flexibility index (Phi) is 7.98. The van der Waals surface area contributed by atoms with Crippen molar-refractivity contribution in [3.05, 3.63) is 42.5 Å². The van der Waals surface area contributed by atoms with E-state index >= 15 is 0 Å². The first-order chi connectivity index (χ1) is 14.6. The van der Waals surface area contributed by atoms with E-state index in [0.29, 0.717) is 49.9 Å². The number of rotatable bonds is 9. The third-order valence-corrected chi connectivity index (χ3v) is 5.47. The summed E-state index contributed by atoms with van der Waals surface area (Å²) in [7, 11) is 0. The van der Waals surface area contributed by atoms with Crippen LogP contribution in [0, 0.1) is 0 Å². The fourth-order valence-electron chi connectivity index (χ4n) is 3.09. The summed E-state index contributed by atoms with van der Waals surface area (Å²) in [5, 5.41) is 5.83. The first kappa shape index (κ1) is 22.0. The maximum Gasteiger partial charge on any atom is 0.238 e. The minimum absolute atomic E-state index is 0.0674. The molecule has 0 spiro atoms. The zero-order chi connectivity index (χ0) is 21.3. The van der Waals surface area contributed by atoms with Gasteiger partial charge in [0.2, 0.25) is 11.8 Å². The van der Waals surface area contributed by atoms with E-state index in [0.717, 1.165) is 10.6 Å². The quantitative estimate of drug-likeness (QED) is 0.594. The van der Waals surface area contributed by atoms with Gasteiger partial charge in [-0.25, -0.2) is 0 Å². The molecule has 0 aromatic heterocycles. The molecular formula is C22H27N3O4S. The molecule has 0 unspecified atom stereocenters. The molecule has 2 aromatic rings. The normalized spacial score (nSPS) is 12.5. The first-order valence-corrected chi connectivity index (χ1v) is 11.2. The second-order valence-corrected chi connectivity index (χ2v) is 7.62. The molecule has 160 valence electrons. The van der Waals surface area contributed by atoms with E-state index in [9.17, 15) is 9.59 Å². The summed E-state index contributed by atoms with van der Waals surface area (Å²) >= 11 is 1.59. The zero-order valence-corrected chi connectivity index (χ0v) is 18.1. The summed E-state index contributed by atoms with van der Waals surface area (Å²) < 4.78 is 11.0. The van der Waals surface area contributed by atoms with E-state index in [1.54, 1.807) is 30.0 Å². The van der Waals surface area contributed by atoms with Gasteiger partial charge in [0.15, 0.2) is 11.5 Å². The molecule has 2 N–H and O–H groups in total. The predicted octanol–water partition coefficient (Wildman–Crippen LogP) is 3.47.